The number of halogens is 1. The van der Waals surface area contributed by atoms with Crippen LogP contribution in [0.15, 0.2) is 30.3 Å². The van der Waals surface area contributed by atoms with Crippen molar-refractivity contribution in [2.75, 3.05) is 0 Å². The van der Waals surface area contributed by atoms with Gasteiger partial charge in [0.2, 0.25) is 0 Å². The van der Waals surface area contributed by atoms with Crippen LogP contribution in [0.4, 0.5) is 4.39 Å². The maximum Gasteiger partial charge on any atom is 0.166 e. The van der Waals surface area contributed by atoms with E-state index in [-0.39, 0.29) is 23.2 Å². The summed E-state index contributed by atoms with van der Waals surface area (Å²) in [5.41, 5.74) is 7.52. The fourth-order valence-corrected chi connectivity index (χ4v) is 3.55. The number of unbranched alkanes of at least 4 members (excludes halogenated alkanes) is 1. The molecule has 1 aliphatic carbocycles. The van der Waals surface area contributed by atoms with E-state index in [4.69, 9.17) is 16.9 Å². The lowest BCUT2D eigenvalue weighted by atomic mass is 10.1. The number of rotatable bonds is 6. The van der Waals surface area contributed by atoms with Gasteiger partial charge < -0.3 is 20.7 Å². The zero-order chi connectivity index (χ0) is 22.3. The van der Waals surface area contributed by atoms with Gasteiger partial charge in [-0.05, 0) is 43.5 Å². The summed E-state index contributed by atoms with van der Waals surface area (Å²) in [7, 11) is 0. The molecule has 3 rings (SSSR count). The molecule has 2 unspecified atom stereocenters. The van der Waals surface area contributed by atoms with Crippen LogP contribution in [-0.2, 0) is 6.42 Å². The van der Waals surface area contributed by atoms with Gasteiger partial charge in [0.1, 0.15) is 17.6 Å². The van der Waals surface area contributed by atoms with Gasteiger partial charge in [-0.25, -0.2) is 4.39 Å². The van der Waals surface area contributed by atoms with Crippen molar-refractivity contribution in [2.45, 2.75) is 65.0 Å². The van der Waals surface area contributed by atoms with Crippen LogP contribution in [0.2, 0.25) is 0 Å². The van der Waals surface area contributed by atoms with E-state index in [0.29, 0.717) is 23.6 Å². The van der Waals surface area contributed by atoms with Crippen LogP contribution in [0.5, 0.6) is 17.2 Å². The first-order chi connectivity index (χ1) is 14.3. The molecule has 4 nitrogen and oxygen atoms in total. The maximum absolute atomic E-state index is 14.0. The van der Waals surface area contributed by atoms with E-state index in [1.54, 1.807) is 12.1 Å². The van der Waals surface area contributed by atoms with E-state index in [1.807, 2.05) is 6.92 Å². The Hall–Kier alpha value is -2.71. The molecule has 4 N–H and O–H groups in total. The summed E-state index contributed by atoms with van der Waals surface area (Å²) in [6.07, 6.45) is 10.3. The topological polar surface area (TPSA) is 75.7 Å². The molecule has 5 heteroatoms. The molecular formula is C25H32FNO3. The summed E-state index contributed by atoms with van der Waals surface area (Å²) in [6, 6.07) is 7.66. The summed E-state index contributed by atoms with van der Waals surface area (Å²) in [5, 5.41) is 19.6. The lowest BCUT2D eigenvalue weighted by molar-refractivity contribution is 0.152. The Kier molecular flexibility index (Phi) is 8.56. The first-order valence-corrected chi connectivity index (χ1v) is 10.5. The largest absolute Gasteiger partial charge is 0.508 e. The number of hydrogen-bond donors (Lipinski definition) is 3. The van der Waals surface area contributed by atoms with Crippen molar-refractivity contribution in [3.05, 3.63) is 52.8 Å². The Labute approximate surface area is 178 Å². The second kappa shape index (κ2) is 10.9. The molecule has 0 saturated heterocycles. The molecule has 0 heterocycles. The van der Waals surface area contributed by atoms with Gasteiger partial charge in [-0.3, -0.25) is 0 Å². The standard InChI is InChI=1S/C18H15FO3.C7H17N/c1-3-11-4-5-17(15(19)7-11)22-18-10(2)6-13-14(18)8-12(20)9-16(13)21;1-3-5-6-7(8)4-2/h1,4-5,7-10,18,20-21H,6H2,2H3;7H,3-6,8H2,1-2H3/t10?,18-;/m1./s1. The summed E-state index contributed by atoms with van der Waals surface area (Å²) in [6.45, 7) is 6.29. The highest BCUT2D eigenvalue weighted by molar-refractivity contribution is 5.50. The molecule has 0 saturated carbocycles. The van der Waals surface area contributed by atoms with E-state index < -0.39 is 11.9 Å². The number of terminal acetylenes is 1. The summed E-state index contributed by atoms with van der Waals surface area (Å²) in [4.78, 5) is 0. The van der Waals surface area contributed by atoms with Crippen LogP contribution < -0.4 is 10.5 Å². The third kappa shape index (κ3) is 5.90. The zero-order valence-electron chi connectivity index (χ0n) is 18.0. The van der Waals surface area contributed by atoms with Crippen LogP contribution in [-0.4, -0.2) is 16.3 Å². The van der Waals surface area contributed by atoms with Crippen LogP contribution in [0.25, 0.3) is 0 Å². The van der Waals surface area contributed by atoms with Gasteiger partial charge in [0.25, 0.3) is 0 Å². The van der Waals surface area contributed by atoms with Gasteiger partial charge in [0.15, 0.2) is 11.6 Å². The van der Waals surface area contributed by atoms with Crippen LogP contribution in [0, 0.1) is 24.1 Å². The average molecular weight is 414 g/mol. The number of benzene rings is 2. The molecule has 0 amide bonds. The Morgan fingerprint density at radius 2 is 2.00 bits per heavy atom. The number of phenols is 2. The average Bonchev–Trinajstić information content (AvgIpc) is 3.03. The molecule has 0 radical (unpaired) electrons. The molecule has 0 fully saturated rings. The van der Waals surface area contributed by atoms with Gasteiger partial charge in [-0.2, -0.15) is 0 Å². The van der Waals surface area contributed by atoms with Crippen molar-refractivity contribution in [3.63, 3.8) is 0 Å². The van der Waals surface area contributed by atoms with Crippen molar-refractivity contribution >= 4 is 0 Å². The lowest BCUT2D eigenvalue weighted by Gasteiger charge is -2.20. The van der Waals surface area contributed by atoms with Crippen LogP contribution >= 0.6 is 0 Å². The van der Waals surface area contributed by atoms with E-state index in [2.05, 4.69) is 19.8 Å². The number of ether oxygens (including phenoxy) is 1. The van der Waals surface area contributed by atoms with E-state index >= 15 is 0 Å². The normalized spacial score (nSPS) is 18.0. The molecule has 0 aromatic heterocycles. The minimum absolute atomic E-state index is 0.0381. The van der Waals surface area contributed by atoms with Crippen molar-refractivity contribution in [2.24, 2.45) is 11.7 Å². The highest BCUT2D eigenvalue weighted by Gasteiger charge is 2.34. The molecular weight excluding hydrogens is 381 g/mol. The first kappa shape index (κ1) is 23.6. The Morgan fingerprint density at radius 1 is 1.27 bits per heavy atom. The van der Waals surface area contributed by atoms with Crippen molar-refractivity contribution < 1.29 is 19.3 Å². The predicted octanol–water partition coefficient (Wildman–Crippen LogP) is 5.44. The summed E-state index contributed by atoms with van der Waals surface area (Å²) < 4.78 is 19.8. The second-order valence-electron chi connectivity index (χ2n) is 7.85. The minimum Gasteiger partial charge on any atom is -0.508 e. The van der Waals surface area contributed by atoms with Crippen LogP contribution in [0.1, 0.15) is 69.2 Å². The number of hydrogen-bond acceptors (Lipinski definition) is 4. The third-order valence-corrected chi connectivity index (χ3v) is 5.40. The smallest absolute Gasteiger partial charge is 0.166 e. The molecule has 3 atom stereocenters. The van der Waals surface area contributed by atoms with Crippen molar-refractivity contribution in [3.8, 4) is 29.6 Å². The zero-order valence-corrected chi connectivity index (χ0v) is 18.0. The van der Waals surface area contributed by atoms with E-state index in [0.717, 1.165) is 12.0 Å². The molecule has 0 spiro atoms. The van der Waals surface area contributed by atoms with E-state index in [9.17, 15) is 14.6 Å². The van der Waals surface area contributed by atoms with E-state index in [1.165, 1.54) is 37.5 Å². The van der Waals surface area contributed by atoms with Gasteiger partial charge in [0, 0.05) is 34.7 Å². The summed E-state index contributed by atoms with van der Waals surface area (Å²) >= 11 is 0. The molecule has 2 aromatic rings. The molecule has 30 heavy (non-hydrogen) atoms. The number of nitrogens with two attached hydrogens (primary N) is 1. The highest BCUT2D eigenvalue weighted by atomic mass is 19.1. The first-order valence-electron chi connectivity index (χ1n) is 10.5. The molecule has 0 aliphatic heterocycles. The fraction of sp³-hybridized carbons (Fsp3) is 0.440. The Bertz CT molecular complexity index is 891. The lowest BCUT2D eigenvalue weighted by Crippen LogP contribution is -2.17. The Morgan fingerprint density at radius 3 is 2.60 bits per heavy atom. The van der Waals surface area contributed by atoms with Crippen LogP contribution in [0.3, 0.4) is 0 Å². The molecule has 2 aromatic carbocycles. The number of fused-ring (bicyclic) bond motifs is 1. The van der Waals surface area contributed by atoms with Crippen molar-refractivity contribution in [1.82, 2.24) is 0 Å². The maximum atomic E-state index is 14.0. The molecule has 0 bridgehead atoms. The monoisotopic (exact) mass is 413 g/mol. The number of phenolic OH excluding ortho intramolecular Hbond substituents is 2. The second-order valence-corrected chi connectivity index (χ2v) is 7.85. The van der Waals surface area contributed by atoms with Gasteiger partial charge in [-0.1, -0.05) is 39.5 Å². The predicted molar refractivity (Wildman–Crippen MR) is 118 cm³/mol. The fourth-order valence-electron chi connectivity index (χ4n) is 3.55. The minimum atomic E-state index is -0.527. The van der Waals surface area contributed by atoms with Gasteiger partial charge >= 0.3 is 0 Å². The SMILES string of the molecule is C#Cc1ccc(O[C@H]2c3cc(O)cc(O)c3CC2C)c(F)c1.CCCCC(N)CC. The molecule has 162 valence electrons. The number of aromatic hydroxyl groups is 2. The third-order valence-electron chi connectivity index (χ3n) is 5.40. The van der Waals surface area contributed by atoms with Crippen molar-refractivity contribution in [1.29, 1.82) is 0 Å². The molecule has 1 aliphatic rings. The summed E-state index contributed by atoms with van der Waals surface area (Å²) in [5.74, 6) is 1.99. The Balaban J connectivity index is 0.000000343. The van der Waals surface area contributed by atoms with Gasteiger partial charge in [0.05, 0.1) is 0 Å². The van der Waals surface area contributed by atoms with Gasteiger partial charge in [-0.15, -0.1) is 6.42 Å². The highest BCUT2D eigenvalue weighted by Crippen LogP contribution is 2.44. The quantitative estimate of drug-likeness (QED) is 0.551.